The first-order valence-electron chi connectivity index (χ1n) is 6.63. The van der Waals surface area contributed by atoms with E-state index in [1.807, 2.05) is 30.5 Å². The zero-order chi connectivity index (χ0) is 13.2. The van der Waals surface area contributed by atoms with Crippen LogP contribution in [0.1, 0.15) is 35.2 Å². The largest absolute Gasteiger partial charge is 0.497 e. The van der Waals surface area contributed by atoms with Crippen molar-refractivity contribution in [2.24, 2.45) is 5.73 Å². The van der Waals surface area contributed by atoms with Crippen LogP contribution in [0.4, 0.5) is 0 Å². The number of ether oxygens (including phenoxy) is 1. The highest BCUT2D eigenvalue weighted by atomic mass is 16.5. The standard InChI is InChI=1S/C16H18N2O/c1-19-13-6-2-4-12(10-13)15(17)14-8-7-11-5-3-9-18-16(11)14/h2-6,9-10,14-15H,7-8,17H2,1H3. The fourth-order valence-electron chi connectivity index (χ4n) is 2.87. The maximum Gasteiger partial charge on any atom is 0.119 e. The smallest absolute Gasteiger partial charge is 0.119 e. The fourth-order valence-corrected chi connectivity index (χ4v) is 2.87. The number of hydrogen-bond acceptors (Lipinski definition) is 3. The van der Waals surface area contributed by atoms with E-state index in [1.54, 1.807) is 7.11 Å². The number of methoxy groups -OCH3 is 1. The SMILES string of the molecule is COc1cccc(C(N)C2CCc3cccnc32)c1. The number of aryl methyl sites for hydroxylation is 1. The molecule has 0 saturated carbocycles. The normalized spacial score (nSPS) is 18.9. The van der Waals surface area contributed by atoms with E-state index in [9.17, 15) is 0 Å². The average molecular weight is 254 g/mol. The van der Waals surface area contributed by atoms with Gasteiger partial charge in [0.1, 0.15) is 5.75 Å². The van der Waals surface area contributed by atoms with E-state index in [2.05, 4.69) is 17.1 Å². The van der Waals surface area contributed by atoms with Gasteiger partial charge in [-0.05, 0) is 42.2 Å². The molecule has 1 heterocycles. The van der Waals surface area contributed by atoms with Gasteiger partial charge < -0.3 is 10.5 Å². The molecule has 2 N–H and O–H groups in total. The van der Waals surface area contributed by atoms with Crippen molar-refractivity contribution in [3.8, 4) is 5.75 Å². The van der Waals surface area contributed by atoms with Gasteiger partial charge in [-0.25, -0.2) is 0 Å². The number of hydrogen-bond donors (Lipinski definition) is 1. The molecule has 3 rings (SSSR count). The molecule has 1 aliphatic carbocycles. The predicted octanol–water partition coefficient (Wildman–Crippen LogP) is 2.82. The maximum atomic E-state index is 6.44. The summed E-state index contributed by atoms with van der Waals surface area (Å²) in [5.41, 5.74) is 10.1. The van der Waals surface area contributed by atoms with Gasteiger partial charge in [-0.2, -0.15) is 0 Å². The van der Waals surface area contributed by atoms with Crippen LogP contribution in [0, 0.1) is 0 Å². The third kappa shape index (κ3) is 2.22. The lowest BCUT2D eigenvalue weighted by atomic mass is 9.91. The third-order valence-electron chi connectivity index (χ3n) is 3.91. The Morgan fingerprint density at radius 3 is 3.05 bits per heavy atom. The quantitative estimate of drug-likeness (QED) is 0.916. The zero-order valence-electron chi connectivity index (χ0n) is 11.0. The van der Waals surface area contributed by atoms with Crippen LogP contribution in [-0.2, 0) is 6.42 Å². The molecule has 3 heteroatoms. The number of nitrogens with two attached hydrogens (primary N) is 1. The predicted molar refractivity (Wildman–Crippen MR) is 75.2 cm³/mol. The van der Waals surface area contributed by atoms with Gasteiger partial charge in [-0.3, -0.25) is 4.98 Å². The second-order valence-electron chi connectivity index (χ2n) is 5.00. The molecule has 0 aliphatic heterocycles. The van der Waals surface area contributed by atoms with Crippen LogP contribution in [-0.4, -0.2) is 12.1 Å². The van der Waals surface area contributed by atoms with Gasteiger partial charge in [0.05, 0.1) is 7.11 Å². The lowest BCUT2D eigenvalue weighted by molar-refractivity contribution is 0.413. The van der Waals surface area contributed by atoms with Gasteiger partial charge in [-0.1, -0.05) is 18.2 Å². The Labute approximate surface area is 113 Å². The summed E-state index contributed by atoms with van der Waals surface area (Å²) in [6, 6.07) is 12.1. The van der Waals surface area contributed by atoms with Crippen LogP contribution < -0.4 is 10.5 Å². The van der Waals surface area contributed by atoms with Crippen molar-refractivity contribution < 1.29 is 4.74 Å². The van der Waals surface area contributed by atoms with E-state index in [0.29, 0.717) is 5.92 Å². The third-order valence-corrected chi connectivity index (χ3v) is 3.91. The highest BCUT2D eigenvalue weighted by molar-refractivity contribution is 5.36. The number of benzene rings is 1. The van der Waals surface area contributed by atoms with Gasteiger partial charge >= 0.3 is 0 Å². The molecule has 3 nitrogen and oxygen atoms in total. The Balaban J connectivity index is 1.90. The van der Waals surface area contributed by atoms with Crippen molar-refractivity contribution in [3.05, 3.63) is 59.4 Å². The second-order valence-corrected chi connectivity index (χ2v) is 5.00. The first-order valence-corrected chi connectivity index (χ1v) is 6.63. The van der Waals surface area contributed by atoms with Gasteiger partial charge in [0.25, 0.3) is 0 Å². The summed E-state index contributed by atoms with van der Waals surface area (Å²) in [5.74, 6) is 1.16. The van der Waals surface area contributed by atoms with E-state index < -0.39 is 0 Å². The van der Waals surface area contributed by atoms with Gasteiger partial charge in [-0.15, -0.1) is 0 Å². The number of rotatable bonds is 3. The van der Waals surface area contributed by atoms with Crippen molar-refractivity contribution >= 4 is 0 Å². The summed E-state index contributed by atoms with van der Waals surface area (Å²) in [5, 5.41) is 0. The minimum Gasteiger partial charge on any atom is -0.497 e. The molecule has 2 unspecified atom stereocenters. The molecule has 1 aliphatic rings. The lowest BCUT2D eigenvalue weighted by Gasteiger charge is -2.20. The molecule has 0 saturated heterocycles. The molecule has 2 aromatic rings. The minimum absolute atomic E-state index is 0.0220. The van der Waals surface area contributed by atoms with E-state index in [1.165, 1.54) is 5.56 Å². The summed E-state index contributed by atoms with van der Waals surface area (Å²) in [6.45, 7) is 0. The first kappa shape index (κ1) is 12.2. The minimum atomic E-state index is -0.0220. The Kier molecular flexibility index (Phi) is 3.22. The first-order chi connectivity index (χ1) is 9.29. The number of nitrogens with zero attached hydrogens (tertiary/aromatic N) is 1. The van der Waals surface area contributed by atoms with Crippen LogP contribution in [0.5, 0.6) is 5.75 Å². The molecule has 2 atom stereocenters. The molecule has 1 aromatic heterocycles. The summed E-state index contributed by atoms with van der Waals surface area (Å²) in [4.78, 5) is 4.52. The van der Waals surface area contributed by atoms with E-state index in [4.69, 9.17) is 10.5 Å². The Morgan fingerprint density at radius 1 is 1.32 bits per heavy atom. The molecular weight excluding hydrogens is 236 g/mol. The highest BCUT2D eigenvalue weighted by Gasteiger charge is 2.29. The zero-order valence-corrected chi connectivity index (χ0v) is 11.0. The Hall–Kier alpha value is -1.87. The highest BCUT2D eigenvalue weighted by Crippen LogP contribution is 2.39. The van der Waals surface area contributed by atoms with Crippen molar-refractivity contribution in [1.82, 2.24) is 4.98 Å². The van der Waals surface area contributed by atoms with Crippen molar-refractivity contribution in [2.75, 3.05) is 7.11 Å². The number of aromatic nitrogens is 1. The van der Waals surface area contributed by atoms with Gasteiger partial charge in [0.2, 0.25) is 0 Å². The van der Waals surface area contributed by atoms with Crippen LogP contribution >= 0.6 is 0 Å². The van der Waals surface area contributed by atoms with Crippen molar-refractivity contribution in [2.45, 2.75) is 24.8 Å². The molecule has 0 amide bonds. The van der Waals surface area contributed by atoms with E-state index in [-0.39, 0.29) is 6.04 Å². The van der Waals surface area contributed by atoms with E-state index in [0.717, 1.165) is 29.8 Å². The molecule has 0 spiro atoms. The lowest BCUT2D eigenvalue weighted by Crippen LogP contribution is -2.18. The average Bonchev–Trinajstić information content (AvgIpc) is 2.90. The molecular formula is C16H18N2O. The van der Waals surface area contributed by atoms with Crippen molar-refractivity contribution in [3.63, 3.8) is 0 Å². The van der Waals surface area contributed by atoms with Crippen molar-refractivity contribution in [1.29, 1.82) is 0 Å². The molecule has 0 bridgehead atoms. The molecule has 98 valence electrons. The topological polar surface area (TPSA) is 48.1 Å². The van der Waals surface area contributed by atoms with Crippen LogP contribution in [0.25, 0.3) is 0 Å². The van der Waals surface area contributed by atoms with E-state index >= 15 is 0 Å². The number of pyridine rings is 1. The second kappa shape index (κ2) is 5.02. The molecule has 0 fully saturated rings. The van der Waals surface area contributed by atoms with Crippen LogP contribution in [0.2, 0.25) is 0 Å². The summed E-state index contributed by atoms with van der Waals surface area (Å²) < 4.78 is 5.27. The molecule has 0 radical (unpaired) electrons. The van der Waals surface area contributed by atoms with Gasteiger partial charge in [0, 0.05) is 23.9 Å². The summed E-state index contributed by atoms with van der Waals surface area (Å²) in [6.07, 6.45) is 4.01. The van der Waals surface area contributed by atoms with Crippen LogP contribution in [0.3, 0.4) is 0 Å². The Morgan fingerprint density at radius 2 is 2.21 bits per heavy atom. The maximum absolute atomic E-state index is 6.44. The number of fused-ring (bicyclic) bond motifs is 1. The van der Waals surface area contributed by atoms with Crippen LogP contribution in [0.15, 0.2) is 42.6 Å². The summed E-state index contributed by atoms with van der Waals surface area (Å²) in [7, 11) is 1.68. The Bertz CT molecular complexity index is 582. The fraction of sp³-hybridized carbons (Fsp3) is 0.312. The van der Waals surface area contributed by atoms with Gasteiger partial charge in [0.15, 0.2) is 0 Å². The monoisotopic (exact) mass is 254 g/mol. The molecule has 1 aromatic carbocycles. The molecule has 19 heavy (non-hydrogen) atoms. The summed E-state index contributed by atoms with van der Waals surface area (Å²) >= 11 is 0.